The molecule has 0 atom stereocenters. The van der Waals surface area contributed by atoms with Crippen molar-refractivity contribution in [3.05, 3.63) is 5.89 Å². The first-order chi connectivity index (χ1) is 5.91. The SMILES string of the molecule is CC(C)(C)c1n[c]([Na])no1.O=CO. The largest absolute Gasteiger partial charge is 0.483 e. The van der Waals surface area contributed by atoms with Crippen molar-refractivity contribution >= 4 is 37.5 Å². The first-order valence-corrected chi connectivity index (χ1v) is 4.80. The Labute approximate surface area is 93.9 Å². The summed E-state index contributed by atoms with van der Waals surface area (Å²) in [6, 6.07) is 0. The van der Waals surface area contributed by atoms with Crippen LogP contribution in [0, 0.1) is 0 Å². The molecule has 0 saturated heterocycles. The van der Waals surface area contributed by atoms with Crippen LogP contribution in [0.25, 0.3) is 0 Å². The summed E-state index contributed by atoms with van der Waals surface area (Å²) in [4.78, 5) is 12.5. The van der Waals surface area contributed by atoms with Gasteiger partial charge in [-0.3, -0.25) is 4.79 Å². The molecule has 0 bridgehead atoms. The average molecular weight is 194 g/mol. The maximum Gasteiger partial charge on any atom is 0.290 e. The van der Waals surface area contributed by atoms with E-state index in [9.17, 15) is 0 Å². The maximum atomic E-state index is 8.36. The number of hydrogen-bond donors (Lipinski definition) is 1. The summed E-state index contributed by atoms with van der Waals surface area (Å²) in [6.07, 6.45) is 0. The molecule has 1 heterocycles. The molecular weight excluding hydrogens is 183 g/mol. The predicted molar refractivity (Wildman–Crippen MR) is 47.1 cm³/mol. The molecule has 0 aliphatic rings. The van der Waals surface area contributed by atoms with E-state index in [2.05, 4.69) is 30.9 Å². The number of hydrogen-bond acceptors (Lipinski definition) is 4. The zero-order valence-electron chi connectivity index (χ0n) is 8.24. The summed E-state index contributed by atoms with van der Waals surface area (Å²) < 4.78 is 5.84. The topological polar surface area (TPSA) is 76.2 Å². The van der Waals surface area contributed by atoms with Crippen molar-refractivity contribution in [1.82, 2.24) is 10.1 Å². The summed E-state index contributed by atoms with van der Waals surface area (Å²) in [5.74, 6) is 0.734. The van der Waals surface area contributed by atoms with Crippen LogP contribution in [-0.2, 0) is 10.2 Å². The fourth-order valence-corrected chi connectivity index (χ4v) is 0.896. The van der Waals surface area contributed by atoms with Crippen LogP contribution in [0.5, 0.6) is 0 Å². The van der Waals surface area contributed by atoms with Crippen molar-refractivity contribution in [3.63, 3.8) is 0 Å². The number of carbonyl (C=O) groups is 1. The molecule has 1 N–H and O–H groups in total. The third kappa shape index (κ3) is 5.02. The molecule has 0 fully saturated rings. The van der Waals surface area contributed by atoms with E-state index in [-0.39, 0.29) is 11.9 Å². The Bertz CT molecular complexity index is 267. The number of aromatic nitrogens is 2. The molecule has 0 radical (unpaired) electrons. The molecule has 1 aromatic heterocycles. The van der Waals surface area contributed by atoms with Gasteiger partial charge < -0.3 is 5.11 Å². The molecule has 1 rings (SSSR count). The van der Waals surface area contributed by atoms with Gasteiger partial charge in [0.05, 0.1) is 0 Å². The standard InChI is InChI=1S/C6H9N2O.CH2O2.Na/c1-6(2,3)5-7-4-8-9-5;2-1-3;/h1-3H3;1H,(H,2,3);. The van der Waals surface area contributed by atoms with Gasteiger partial charge in [0.1, 0.15) is 0 Å². The molecule has 0 saturated carbocycles. The van der Waals surface area contributed by atoms with Crippen LogP contribution in [0.1, 0.15) is 26.7 Å². The van der Waals surface area contributed by atoms with Crippen molar-refractivity contribution in [2.75, 3.05) is 0 Å². The second-order valence-corrected chi connectivity index (χ2v) is 4.40. The molecule has 0 unspecified atom stereocenters. The minimum Gasteiger partial charge on any atom is -0.483 e. The Balaban J connectivity index is 0.000000424. The minimum absolute atomic E-state index is 0.00431. The van der Waals surface area contributed by atoms with E-state index in [4.69, 9.17) is 14.4 Å². The number of nitrogens with zero attached hydrogens (tertiary/aromatic N) is 2. The van der Waals surface area contributed by atoms with Crippen LogP contribution in [0.15, 0.2) is 4.52 Å². The quantitative estimate of drug-likeness (QED) is 0.459. The minimum atomic E-state index is -0.250. The van der Waals surface area contributed by atoms with Crippen LogP contribution >= 0.6 is 0 Å². The van der Waals surface area contributed by atoms with Gasteiger partial charge >= 0.3 is 77.7 Å². The molecule has 1 aromatic rings. The summed E-state index contributed by atoms with van der Waals surface area (Å²) in [6.45, 7) is 5.92. The monoisotopic (exact) mass is 194 g/mol. The van der Waals surface area contributed by atoms with Gasteiger partial charge in [-0.15, -0.1) is 0 Å². The number of rotatable bonds is 0. The van der Waals surface area contributed by atoms with Crippen molar-refractivity contribution in [1.29, 1.82) is 0 Å². The van der Waals surface area contributed by atoms with Gasteiger partial charge in [0, 0.05) is 0 Å². The Morgan fingerprint density at radius 3 is 2.15 bits per heavy atom. The normalized spacial score (nSPS) is 10.2. The van der Waals surface area contributed by atoms with Crippen molar-refractivity contribution in [3.8, 4) is 0 Å². The van der Waals surface area contributed by atoms with Crippen LogP contribution < -0.4 is 3.07 Å². The maximum absolute atomic E-state index is 8.36. The molecule has 0 aromatic carbocycles. The van der Waals surface area contributed by atoms with Gasteiger partial charge in [-0.05, 0) is 0 Å². The first-order valence-electron chi connectivity index (χ1n) is 3.80. The summed E-state index contributed by atoms with van der Waals surface area (Å²) in [5.41, 5.74) is -0.00431. The van der Waals surface area contributed by atoms with E-state index >= 15 is 0 Å². The third-order valence-electron chi connectivity index (χ3n) is 1.17. The Kier molecular flexibility index (Phi) is 5.20. The fourth-order valence-electron chi connectivity index (χ4n) is 0.602. The zero-order valence-corrected chi connectivity index (χ0v) is 10.2. The smallest absolute Gasteiger partial charge is 0.290 e. The van der Waals surface area contributed by atoms with Crippen molar-refractivity contribution < 1.29 is 14.4 Å². The molecule has 0 aliphatic carbocycles. The predicted octanol–water partition coefficient (Wildman–Crippen LogP) is -0.138. The van der Waals surface area contributed by atoms with E-state index in [1.165, 1.54) is 0 Å². The van der Waals surface area contributed by atoms with E-state index < -0.39 is 0 Å². The summed E-state index contributed by atoms with van der Waals surface area (Å²) >= 11 is 0.862. The van der Waals surface area contributed by atoms with Gasteiger partial charge in [-0.2, -0.15) is 0 Å². The molecule has 5 nitrogen and oxygen atoms in total. The van der Waals surface area contributed by atoms with Crippen LogP contribution in [0.4, 0.5) is 0 Å². The second kappa shape index (κ2) is 5.36. The Morgan fingerprint density at radius 2 is 2.00 bits per heavy atom. The van der Waals surface area contributed by atoms with Crippen LogP contribution in [-0.4, -0.2) is 49.6 Å². The Morgan fingerprint density at radius 1 is 1.54 bits per heavy atom. The molecular formula is C7H11N2NaO3. The third-order valence-corrected chi connectivity index (χ3v) is 1.58. The van der Waals surface area contributed by atoms with E-state index in [0.29, 0.717) is 0 Å². The van der Waals surface area contributed by atoms with Crippen LogP contribution in [0.3, 0.4) is 0 Å². The summed E-state index contributed by atoms with van der Waals surface area (Å²) in [5, 5.41) is 10.6. The second-order valence-electron chi connectivity index (χ2n) is 3.50. The van der Waals surface area contributed by atoms with E-state index in [1.54, 1.807) is 0 Å². The zero-order chi connectivity index (χ0) is 10.5. The number of carboxylic acid groups (broad SMARTS) is 1. The van der Waals surface area contributed by atoms with Gasteiger partial charge in [0.25, 0.3) is 6.47 Å². The van der Waals surface area contributed by atoms with Gasteiger partial charge in [0.2, 0.25) is 0 Å². The van der Waals surface area contributed by atoms with Gasteiger partial charge in [-0.1, -0.05) is 0 Å². The van der Waals surface area contributed by atoms with Crippen molar-refractivity contribution in [2.24, 2.45) is 0 Å². The molecule has 6 heteroatoms. The first kappa shape index (κ1) is 12.6. The molecule has 0 aliphatic heterocycles. The molecule has 0 amide bonds. The van der Waals surface area contributed by atoms with E-state index in [1.807, 2.05) is 0 Å². The molecule has 13 heavy (non-hydrogen) atoms. The molecule has 68 valence electrons. The summed E-state index contributed by atoms with van der Waals surface area (Å²) in [7, 11) is 0. The molecule has 0 spiro atoms. The average Bonchev–Trinajstić information content (AvgIpc) is 2.35. The van der Waals surface area contributed by atoms with Crippen molar-refractivity contribution in [2.45, 2.75) is 26.2 Å². The van der Waals surface area contributed by atoms with Gasteiger partial charge in [0.15, 0.2) is 0 Å². The Hall–Kier alpha value is -0.390. The van der Waals surface area contributed by atoms with Crippen LogP contribution in [0.2, 0.25) is 0 Å². The van der Waals surface area contributed by atoms with E-state index in [0.717, 1.165) is 36.9 Å². The fraction of sp³-hybridized carbons (Fsp3) is 0.571. The van der Waals surface area contributed by atoms with Gasteiger partial charge in [-0.25, -0.2) is 0 Å².